The van der Waals surface area contributed by atoms with Gasteiger partial charge in [-0.1, -0.05) is 56.8 Å². The Morgan fingerprint density at radius 3 is 2.52 bits per heavy atom. The van der Waals surface area contributed by atoms with E-state index in [9.17, 15) is 4.79 Å². The number of benzene rings is 1. The van der Waals surface area contributed by atoms with Crippen molar-refractivity contribution in [1.29, 1.82) is 0 Å². The highest BCUT2D eigenvalue weighted by Crippen LogP contribution is 2.37. The molecule has 0 saturated carbocycles. The molecule has 1 aliphatic rings. The lowest BCUT2D eigenvalue weighted by Gasteiger charge is -2.31. The van der Waals surface area contributed by atoms with E-state index in [4.69, 9.17) is 4.84 Å². The van der Waals surface area contributed by atoms with E-state index in [1.165, 1.54) is 5.56 Å². The average molecular weight is 333 g/mol. The molecule has 4 nitrogen and oxygen atoms in total. The van der Waals surface area contributed by atoms with E-state index in [0.717, 1.165) is 24.1 Å². The molecule has 0 saturated heterocycles. The minimum Gasteiger partial charge on any atom is -0.395 e. The van der Waals surface area contributed by atoms with Gasteiger partial charge >= 0.3 is 0 Å². The number of amides is 1. The Kier molecular flexibility index (Phi) is 5.29. The number of hydrogen-bond acceptors (Lipinski definition) is 3. The molecule has 23 heavy (non-hydrogen) atoms. The second-order valence-corrected chi connectivity index (χ2v) is 12.2. The summed E-state index contributed by atoms with van der Waals surface area (Å²) in [5.41, 5.74) is 3.69. The van der Waals surface area contributed by atoms with Crippen LogP contribution in [0.3, 0.4) is 0 Å². The summed E-state index contributed by atoms with van der Waals surface area (Å²) in [6, 6.07) is 6.16. The SMILES string of the molecule is CCO/N=C1/C(=O)N([Si](C)(C)C)c2c(CCC(C)C)cccc21. The number of aryl methyl sites for hydroxylation is 1. The molecular formula is C18H28N2O2Si. The summed E-state index contributed by atoms with van der Waals surface area (Å²) in [4.78, 5) is 18.2. The van der Waals surface area contributed by atoms with Gasteiger partial charge in [-0.2, -0.15) is 0 Å². The quantitative estimate of drug-likeness (QED) is 0.579. The summed E-state index contributed by atoms with van der Waals surface area (Å²) in [6.07, 6.45) is 2.10. The third kappa shape index (κ3) is 3.66. The molecule has 0 fully saturated rings. The first-order valence-electron chi connectivity index (χ1n) is 8.44. The Bertz CT molecular complexity index is 618. The zero-order valence-electron chi connectivity index (χ0n) is 15.1. The van der Waals surface area contributed by atoms with Gasteiger partial charge in [0.15, 0.2) is 13.9 Å². The van der Waals surface area contributed by atoms with Gasteiger partial charge in [0, 0.05) is 11.3 Å². The van der Waals surface area contributed by atoms with Crippen molar-refractivity contribution in [3.63, 3.8) is 0 Å². The van der Waals surface area contributed by atoms with Gasteiger partial charge in [-0.25, -0.2) is 0 Å². The standard InChI is InChI=1S/C18H28N2O2Si/c1-7-22-19-16-15-10-8-9-14(12-11-13(2)3)17(15)20(18(16)21)23(4,5)6/h8-10,13H,7,11-12H2,1-6H3/b19-16+. The number of para-hydroxylation sites is 1. The number of rotatable bonds is 6. The van der Waals surface area contributed by atoms with E-state index < -0.39 is 8.24 Å². The van der Waals surface area contributed by atoms with Crippen LogP contribution >= 0.6 is 0 Å². The van der Waals surface area contributed by atoms with Crippen LogP contribution in [0.15, 0.2) is 23.4 Å². The Hall–Kier alpha value is -1.62. The number of carbonyl (C=O) groups is 1. The molecule has 0 unspecified atom stereocenters. The predicted octanol–water partition coefficient (Wildman–Crippen LogP) is 4.20. The molecule has 0 bridgehead atoms. The third-order valence-corrected chi connectivity index (χ3v) is 5.72. The molecule has 0 aromatic heterocycles. The maximum atomic E-state index is 13.0. The predicted molar refractivity (Wildman–Crippen MR) is 98.6 cm³/mol. The van der Waals surface area contributed by atoms with Crippen molar-refractivity contribution < 1.29 is 9.63 Å². The van der Waals surface area contributed by atoms with Crippen LogP contribution in [0, 0.1) is 5.92 Å². The molecule has 5 heteroatoms. The first-order valence-corrected chi connectivity index (χ1v) is 11.9. The lowest BCUT2D eigenvalue weighted by Crippen LogP contribution is -2.49. The summed E-state index contributed by atoms with van der Waals surface area (Å²) >= 11 is 0. The fraction of sp³-hybridized carbons (Fsp3) is 0.556. The number of fused-ring (bicyclic) bond motifs is 1. The minimum atomic E-state index is -1.86. The van der Waals surface area contributed by atoms with E-state index in [0.29, 0.717) is 18.2 Å². The van der Waals surface area contributed by atoms with E-state index in [2.05, 4.69) is 44.7 Å². The smallest absolute Gasteiger partial charge is 0.273 e. The van der Waals surface area contributed by atoms with Gasteiger partial charge in [0.1, 0.15) is 6.61 Å². The molecule has 0 atom stereocenters. The van der Waals surface area contributed by atoms with Crippen molar-refractivity contribution in [3.8, 4) is 0 Å². The van der Waals surface area contributed by atoms with Crippen LogP contribution in [0.1, 0.15) is 38.3 Å². The van der Waals surface area contributed by atoms with Crippen LogP contribution in [0.25, 0.3) is 0 Å². The van der Waals surface area contributed by atoms with Crippen molar-refractivity contribution in [1.82, 2.24) is 0 Å². The van der Waals surface area contributed by atoms with Crippen molar-refractivity contribution in [2.24, 2.45) is 11.1 Å². The van der Waals surface area contributed by atoms with Crippen molar-refractivity contribution in [2.75, 3.05) is 11.2 Å². The fourth-order valence-corrected chi connectivity index (χ4v) is 4.52. The van der Waals surface area contributed by atoms with Crippen LogP contribution in [-0.4, -0.2) is 26.5 Å². The van der Waals surface area contributed by atoms with Gasteiger partial charge < -0.3 is 9.40 Å². The number of anilines is 1. The second kappa shape index (κ2) is 6.87. The zero-order valence-corrected chi connectivity index (χ0v) is 16.1. The molecule has 1 aromatic rings. The molecule has 0 radical (unpaired) electrons. The van der Waals surface area contributed by atoms with E-state index in [1.54, 1.807) is 0 Å². The van der Waals surface area contributed by atoms with E-state index in [-0.39, 0.29) is 5.91 Å². The Morgan fingerprint density at radius 1 is 1.26 bits per heavy atom. The monoisotopic (exact) mass is 332 g/mol. The normalized spacial score (nSPS) is 16.4. The highest BCUT2D eigenvalue weighted by atomic mass is 28.3. The molecule has 2 rings (SSSR count). The highest BCUT2D eigenvalue weighted by Gasteiger charge is 2.42. The summed E-state index contributed by atoms with van der Waals surface area (Å²) in [5, 5.41) is 4.11. The molecule has 0 aliphatic carbocycles. The van der Waals surface area contributed by atoms with Crippen molar-refractivity contribution in [3.05, 3.63) is 29.3 Å². The van der Waals surface area contributed by atoms with E-state index in [1.807, 2.05) is 23.6 Å². The largest absolute Gasteiger partial charge is 0.395 e. The lowest BCUT2D eigenvalue weighted by molar-refractivity contribution is -0.111. The first kappa shape index (κ1) is 17.7. The number of hydrogen-bond donors (Lipinski definition) is 0. The van der Waals surface area contributed by atoms with Gasteiger partial charge in [0.2, 0.25) is 0 Å². The highest BCUT2D eigenvalue weighted by molar-refractivity contribution is 6.87. The number of nitrogens with zero attached hydrogens (tertiary/aromatic N) is 2. The summed E-state index contributed by atoms with van der Waals surface area (Å²) < 4.78 is 2.01. The van der Waals surface area contributed by atoms with Crippen LogP contribution < -0.4 is 4.57 Å². The topological polar surface area (TPSA) is 41.9 Å². The summed E-state index contributed by atoms with van der Waals surface area (Å²) in [7, 11) is -1.86. The lowest BCUT2D eigenvalue weighted by atomic mass is 9.99. The van der Waals surface area contributed by atoms with Gasteiger partial charge in [0.25, 0.3) is 5.91 Å². The molecule has 0 N–H and O–H groups in total. The zero-order chi connectivity index (χ0) is 17.2. The Morgan fingerprint density at radius 2 is 1.96 bits per heavy atom. The molecule has 1 heterocycles. The summed E-state index contributed by atoms with van der Waals surface area (Å²) in [6.45, 7) is 13.4. The van der Waals surface area contributed by atoms with Gasteiger partial charge in [-0.3, -0.25) is 4.79 Å². The molecule has 126 valence electrons. The van der Waals surface area contributed by atoms with Crippen molar-refractivity contribution in [2.45, 2.75) is 53.3 Å². The van der Waals surface area contributed by atoms with E-state index >= 15 is 0 Å². The molecule has 1 aliphatic heterocycles. The van der Waals surface area contributed by atoms with Crippen LogP contribution in [0.4, 0.5) is 5.69 Å². The second-order valence-electron chi connectivity index (χ2n) is 7.41. The molecule has 0 spiro atoms. The minimum absolute atomic E-state index is 0.00962. The van der Waals surface area contributed by atoms with Crippen molar-refractivity contribution >= 4 is 25.5 Å². The maximum Gasteiger partial charge on any atom is 0.273 e. The van der Waals surface area contributed by atoms with Crippen LogP contribution in [0.5, 0.6) is 0 Å². The van der Waals surface area contributed by atoms with Crippen LogP contribution in [-0.2, 0) is 16.1 Å². The van der Waals surface area contributed by atoms with Gasteiger partial charge in [-0.15, -0.1) is 0 Å². The number of oxime groups is 1. The first-order chi connectivity index (χ1) is 10.8. The average Bonchev–Trinajstić information content (AvgIpc) is 2.75. The number of carbonyl (C=O) groups excluding carboxylic acids is 1. The van der Waals surface area contributed by atoms with Gasteiger partial charge in [0.05, 0.1) is 0 Å². The Labute approximate surface area is 140 Å². The Balaban J connectivity index is 2.55. The maximum absolute atomic E-state index is 13.0. The van der Waals surface area contributed by atoms with Crippen LogP contribution in [0.2, 0.25) is 19.6 Å². The van der Waals surface area contributed by atoms with Gasteiger partial charge in [-0.05, 0) is 31.2 Å². The summed E-state index contributed by atoms with van der Waals surface area (Å²) in [5.74, 6) is 0.629. The third-order valence-electron chi connectivity index (χ3n) is 3.95. The fourth-order valence-electron chi connectivity index (χ4n) is 2.87. The molecule has 1 aromatic carbocycles. The molecular weight excluding hydrogens is 304 g/mol. The molecule has 1 amide bonds.